The summed E-state index contributed by atoms with van der Waals surface area (Å²) in [4.78, 5) is 13.2. The van der Waals surface area contributed by atoms with Gasteiger partial charge in [0, 0.05) is 17.5 Å². The molecular weight excluding hydrogens is 322 g/mol. The highest BCUT2D eigenvalue weighted by atomic mass is 32.1. The quantitative estimate of drug-likeness (QED) is 0.476. The number of fused-ring (bicyclic) bond motifs is 1. The van der Waals surface area contributed by atoms with E-state index in [0.717, 1.165) is 23.3 Å². The first-order chi connectivity index (χ1) is 11.5. The average Bonchev–Trinajstić information content (AvgIpc) is 3.15. The standard InChI is InChI=1S/C19H17NO3S/c1-11-4-5-24-19(11)18(21)15(10-20)7-14-9-17-13(6-12(2)23-17)8-16(14)22-3/h4-5,7-9,12H,6H2,1-3H3/b15-7-. The number of hydrogen-bond acceptors (Lipinski definition) is 5. The fourth-order valence-electron chi connectivity index (χ4n) is 2.78. The van der Waals surface area contributed by atoms with Crippen molar-refractivity contribution < 1.29 is 14.3 Å². The molecule has 0 spiro atoms. The molecule has 1 aromatic heterocycles. The van der Waals surface area contributed by atoms with Gasteiger partial charge >= 0.3 is 0 Å². The zero-order valence-electron chi connectivity index (χ0n) is 13.8. The smallest absolute Gasteiger partial charge is 0.213 e. The predicted octanol–water partition coefficient (Wildman–Crippen LogP) is 4.18. The van der Waals surface area contributed by atoms with Gasteiger partial charge in [-0.25, -0.2) is 0 Å². The van der Waals surface area contributed by atoms with Crippen LogP contribution in [-0.4, -0.2) is 19.0 Å². The fourth-order valence-corrected chi connectivity index (χ4v) is 3.66. The maximum Gasteiger partial charge on any atom is 0.213 e. The molecule has 3 rings (SSSR count). The Morgan fingerprint density at radius 1 is 1.50 bits per heavy atom. The van der Waals surface area contributed by atoms with Crippen LogP contribution in [0.5, 0.6) is 11.5 Å². The fraction of sp³-hybridized carbons (Fsp3) is 0.263. The van der Waals surface area contributed by atoms with E-state index < -0.39 is 0 Å². The van der Waals surface area contributed by atoms with E-state index in [4.69, 9.17) is 9.47 Å². The van der Waals surface area contributed by atoms with Crippen molar-refractivity contribution in [3.8, 4) is 17.6 Å². The van der Waals surface area contributed by atoms with Crippen molar-refractivity contribution >= 4 is 23.2 Å². The first-order valence-corrected chi connectivity index (χ1v) is 8.49. The van der Waals surface area contributed by atoms with Gasteiger partial charge in [-0.3, -0.25) is 4.79 Å². The minimum atomic E-state index is -0.262. The van der Waals surface area contributed by atoms with Gasteiger partial charge in [-0.2, -0.15) is 5.26 Å². The molecule has 4 nitrogen and oxygen atoms in total. The van der Waals surface area contributed by atoms with Crippen molar-refractivity contribution in [1.82, 2.24) is 0 Å². The molecule has 2 heterocycles. The largest absolute Gasteiger partial charge is 0.496 e. The van der Waals surface area contributed by atoms with Gasteiger partial charge in [-0.05, 0) is 49.1 Å². The number of Topliss-reactive ketones (excluding diaryl/α,β-unsaturated/α-hetero) is 1. The lowest BCUT2D eigenvalue weighted by molar-refractivity contribution is 0.104. The molecule has 0 fully saturated rings. The Balaban J connectivity index is 2.03. The van der Waals surface area contributed by atoms with Crippen molar-refractivity contribution in [2.45, 2.75) is 26.4 Å². The molecule has 5 heteroatoms. The van der Waals surface area contributed by atoms with E-state index in [0.29, 0.717) is 16.2 Å². The van der Waals surface area contributed by atoms with E-state index >= 15 is 0 Å². The summed E-state index contributed by atoms with van der Waals surface area (Å²) in [6.07, 6.45) is 2.52. The Morgan fingerprint density at radius 2 is 2.29 bits per heavy atom. The Bertz CT molecular complexity index is 873. The van der Waals surface area contributed by atoms with Gasteiger partial charge in [0.15, 0.2) is 0 Å². The second-order valence-corrected chi connectivity index (χ2v) is 6.68. The van der Waals surface area contributed by atoms with E-state index in [2.05, 4.69) is 0 Å². The summed E-state index contributed by atoms with van der Waals surface area (Å²) in [5, 5.41) is 11.3. The highest BCUT2D eigenvalue weighted by Gasteiger charge is 2.22. The number of nitriles is 1. The Labute approximate surface area is 144 Å². The van der Waals surface area contributed by atoms with Crippen LogP contribution in [0.3, 0.4) is 0 Å². The van der Waals surface area contributed by atoms with Crippen LogP contribution in [0.2, 0.25) is 0 Å². The van der Waals surface area contributed by atoms with Crippen LogP contribution in [0, 0.1) is 18.3 Å². The molecule has 2 aromatic rings. The Hall–Kier alpha value is -2.58. The normalized spacial score (nSPS) is 16.2. The number of allylic oxidation sites excluding steroid dienone is 1. The summed E-state index contributed by atoms with van der Waals surface area (Å²) < 4.78 is 11.2. The number of ether oxygens (including phenoxy) is 2. The van der Waals surface area contributed by atoms with Gasteiger partial charge in [0.05, 0.1) is 12.0 Å². The van der Waals surface area contributed by atoms with Crippen LogP contribution in [-0.2, 0) is 6.42 Å². The zero-order chi connectivity index (χ0) is 17.3. The third-order valence-electron chi connectivity index (χ3n) is 3.98. The van der Waals surface area contributed by atoms with E-state index in [1.807, 2.05) is 43.5 Å². The summed E-state index contributed by atoms with van der Waals surface area (Å²) in [6.45, 7) is 3.87. The van der Waals surface area contributed by atoms with Crippen LogP contribution < -0.4 is 9.47 Å². The molecule has 122 valence electrons. The van der Waals surface area contributed by atoms with Gasteiger partial charge in [0.2, 0.25) is 5.78 Å². The maximum atomic E-state index is 12.6. The molecule has 0 amide bonds. The predicted molar refractivity (Wildman–Crippen MR) is 93.8 cm³/mol. The van der Waals surface area contributed by atoms with E-state index in [1.165, 1.54) is 11.3 Å². The number of aryl methyl sites for hydroxylation is 1. The molecule has 24 heavy (non-hydrogen) atoms. The van der Waals surface area contributed by atoms with E-state index in [1.54, 1.807) is 13.2 Å². The molecule has 1 atom stereocenters. The van der Waals surface area contributed by atoms with Crippen molar-refractivity contribution in [2.24, 2.45) is 0 Å². The van der Waals surface area contributed by atoms with Crippen molar-refractivity contribution in [1.29, 1.82) is 5.26 Å². The molecule has 0 radical (unpaired) electrons. The van der Waals surface area contributed by atoms with Gasteiger partial charge in [0.25, 0.3) is 0 Å². The number of hydrogen-bond donors (Lipinski definition) is 0. The van der Waals surface area contributed by atoms with Crippen LogP contribution in [0.25, 0.3) is 6.08 Å². The summed E-state index contributed by atoms with van der Waals surface area (Å²) in [5.74, 6) is 1.16. The highest BCUT2D eigenvalue weighted by Crippen LogP contribution is 2.36. The molecule has 0 saturated carbocycles. The Morgan fingerprint density at radius 3 is 2.92 bits per heavy atom. The van der Waals surface area contributed by atoms with E-state index in [9.17, 15) is 10.1 Å². The molecule has 0 saturated heterocycles. The number of thiophene rings is 1. The summed E-state index contributed by atoms with van der Waals surface area (Å²) in [5.41, 5.74) is 2.72. The van der Waals surface area contributed by atoms with Gasteiger partial charge < -0.3 is 9.47 Å². The molecule has 0 aliphatic carbocycles. The summed E-state index contributed by atoms with van der Waals surface area (Å²) >= 11 is 1.34. The lowest BCUT2D eigenvalue weighted by atomic mass is 10.0. The number of ketones is 1. The third kappa shape index (κ3) is 2.93. The third-order valence-corrected chi connectivity index (χ3v) is 5.00. The zero-order valence-corrected chi connectivity index (χ0v) is 14.6. The molecular formula is C19H17NO3S. The molecule has 0 N–H and O–H groups in total. The van der Waals surface area contributed by atoms with Gasteiger partial charge in [0.1, 0.15) is 29.2 Å². The first kappa shape index (κ1) is 16.3. The number of carbonyl (C=O) groups is 1. The van der Waals surface area contributed by atoms with Crippen LogP contribution >= 0.6 is 11.3 Å². The number of carbonyl (C=O) groups excluding carboxylic acids is 1. The topological polar surface area (TPSA) is 59.3 Å². The summed E-state index contributed by atoms with van der Waals surface area (Å²) in [6, 6.07) is 7.64. The number of nitrogens with zero attached hydrogens (tertiary/aromatic N) is 1. The monoisotopic (exact) mass is 339 g/mol. The summed E-state index contributed by atoms with van der Waals surface area (Å²) in [7, 11) is 1.58. The molecule has 1 unspecified atom stereocenters. The van der Waals surface area contributed by atoms with Crippen molar-refractivity contribution in [2.75, 3.05) is 7.11 Å². The SMILES string of the molecule is COc1cc2c(cc1/C=C(/C#N)C(=O)c1sccc1C)OC(C)C2. The lowest BCUT2D eigenvalue weighted by Gasteiger charge is -2.09. The van der Waals surface area contributed by atoms with Gasteiger partial charge in [-0.15, -0.1) is 11.3 Å². The van der Waals surface area contributed by atoms with E-state index in [-0.39, 0.29) is 17.5 Å². The van der Waals surface area contributed by atoms with Gasteiger partial charge in [-0.1, -0.05) is 0 Å². The van der Waals surface area contributed by atoms with Crippen LogP contribution in [0.1, 0.15) is 33.3 Å². The van der Waals surface area contributed by atoms with Crippen LogP contribution in [0.15, 0.2) is 29.2 Å². The van der Waals surface area contributed by atoms with Crippen molar-refractivity contribution in [3.05, 3.63) is 50.7 Å². The number of rotatable bonds is 4. The molecule has 1 aliphatic rings. The Kier molecular flexibility index (Phi) is 4.41. The average molecular weight is 339 g/mol. The first-order valence-electron chi connectivity index (χ1n) is 7.61. The molecule has 0 bridgehead atoms. The highest BCUT2D eigenvalue weighted by molar-refractivity contribution is 7.12. The molecule has 1 aliphatic heterocycles. The van der Waals surface area contributed by atoms with Crippen molar-refractivity contribution in [3.63, 3.8) is 0 Å². The second-order valence-electron chi connectivity index (χ2n) is 5.77. The lowest BCUT2D eigenvalue weighted by Crippen LogP contribution is -2.05. The minimum absolute atomic E-state index is 0.0878. The number of methoxy groups -OCH3 is 1. The van der Waals surface area contributed by atoms with Crippen LogP contribution in [0.4, 0.5) is 0 Å². The maximum absolute atomic E-state index is 12.6. The molecule has 1 aromatic carbocycles. The number of benzene rings is 1. The second kappa shape index (κ2) is 6.50. The minimum Gasteiger partial charge on any atom is -0.496 e.